The summed E-state index contributed by atoms with van der Waals surface area (Å²) in [6, 6.07) is 0. The lowest BCUT2D eigenvalue weighted by atomic mass is 9.73. The van der Waals surface area contributed by atoms with Gasteiger partial charge in [-0.1, -0.05) is 83.1 Å². The van der Waals surface area contributed by atoms with E-state index < -0.39 is 87.6 Å². The van der Waals surface area contributed by atoms with Crippen LogP contribution in [0.1, 0.15) is 180 Å². The van der Waals surface area contributed by atoms with Crippen molar-refractivity contribution in [2.24, 2.45) is 121 Å². The van der Waals surface area contributed by atoms with Crippen molar-refractivity contribution in [1.29, 1.82) is 0 Å². The van der Waals surface area contributed by atoms with Crippen LogP contribution in [-0.4, -0.2) is 161 Å². The van der Waals surface area contributed by atoms with Crippen molar-refractivity contribution < 1.29 is 98.4 Å². The third-order valence-electron chi connectivity index (χ3n) is 31.7. The third kappa shape index (κ3) is 9.08. The van der Waals surface area contributed by atoms with E-state index in [2.05, 4.69) is 76.2 Å². The molecule has 536 valence electrons. The van der Waals surface area contributed by atoms with Crippen LogP contribution in [0.2, 0.25) is 0 Å². The normalized spacial score (nSPS) is 59.9. The van der Waals surface area contributed by atoms with Gasteiger partial charge in [0.25, 0.3) is 70.8 Å². The molecule has 7 aliphatic heterocycles. The highest BCUT2D eigenvalue weighted by Gasteiger charge is 2.78. The summed E-state index contributed by atoms with van der Waals surface area (Å²) in [5.41, 5.74) is -1.09. The molecule has 94 heavy (non-hydrogen) atoms. The Morgan fingerprint density at radius 2 is 0.968 bits per heavy atom. The Labute approximate surface area is 558 Å². The predicted molar refractivity (Wildman–Crippen MR) is 340 cm³/mol. The highest BCUT2D eigenvalue weighted by molar-refractivity contribution is 7.89. The summed E-state index contributed by atoms with van der Waals surface area (Å²) in [6.45, 7) is 27.2. The monoisotopic (exact) mass is 1460 g/mol. The minimum Gasteiger partial charge on any atom is -0.396 e. The van der Waals surface area contributed by atoms with E-state index in [4.69, 9.17) is 29.3 Å². The Bertz CT molecular complexity index is 4010. The summed E-state index contributed by atoms with van der Waals surface area (Å²) in [7, 11) is -22.8. The van der Waals surface area contributed by atoms with Gasteiger partial charge in [-0.3, -0.25) is 29.3 Å². The highest BCUT2D eigenvalue weighted by Crippen LogP contribution is 2.73. The maximum Gasteiger partial charge on any atom is 0.271 e. The number of aliphatic hydroxyl groups is 2. The fourth-order valence-electron chi connectivity index (χ4n) is 25.9. The van der Waals surface area contributed by atoms with Crippen LogP contribution in [0.5, 0.6) is 0 Å². The highest BCUT2D eigenvalue weighted by atomic mass is 32.2. The van der Waals surface area contributed by atoms with Gasteiger partial charge in [0.1, 0.15) is 0 Å². The van der Waals surface area contributed by atoms with E-state index in [0.29, 0.717) is 83.9 Å². The predicted octanol–water partition coefficient (Wildman–Crippen LogP) is 6.38. The average Bonchev–Trinajstić information content (AvgIpc) is 1.52. The molecule has 14 saturated carbocycles. The quantitative estimate of drug-likeness (QED) is 0.283. The molecule has 0 spiro atoms. The lowest BCUT2D eigenvalue weighted by Crippen LogP contribution is -2.43. The first-order chi connectivity index (χ1) is 43.1. The van der Waals surface area contributed by atoms with Crippen LogP contribution in [0, 0.1) is 121 Å². The van der Waals surface area contributed by atoms with Crippen LogP contribution >= 0.6 is 0 Å². The topological polar surface area (TPSA) is 344 Å². The molecule has 2 N–H and O–H groups in total. The van der Waals surface area contributed by atoms with E-state index >= 15 is 0 Å². The molecule has 30 heteroatoms. The second-order valence-corrected chi connectivity index (χ2v) is 48.4. The van der Waals surface area contributed by atoms with Gasteiger partial charge in [0.05, 0.1) is 85.6 Å². The Morgan fingerprint density at radius 1 is 0.383 bits per heavy atom. The van der Waals surface area contributed by atoms with Gasteiger partial charge in [-0.15, -0.1) is 0 Å². The van der Waals surface area contributed by atoms with Crippen LogP contribution in [0.25, 0.3) is 0 Å². The van der Waals surface area contributed by atoms with Gasteiger partial charge in [0, 0.05) is 51.9 Å². The van der Waals surface area contributed by atoms with E-state index in [0.717, 1.165) is 77.0 Å². The molecule has 34 unspecified atom stereocenters. The van der Waals surface area contributed by atoms with Crippen molar-refractivity contribution in [3.8, 4) is 0 Å². The van der Waals surface area contributed by atoms with Crippen molar-refractivity contribution in [3.05, 3.63) is 0 Å². The second kappa shape index (κ2) is 20.6. The van der Waals surface area contributed by atoms with Crippen molar-refractivity contribution in [1.82, 2.24) is 0 Å². The SMILES string of the molecule is CC1(C)C2CC3C1OS(=O)(=O)C3C2.CC1C2CC3C(C)(C2)C1OS3(=O)=O.CC1C2CC3C(C2)S(=O)(=O)OC13C.CC1C2CC3C1OS(=O)(=O)C3C2.CC1C2OS(=O)(=O)C3CC1(C)CC23.CC1C2OS(=O)(=O)C3CC1(C)CC23C.CC1C2OS(=O)(=O)C3CC1(CO)CC23CO. The zero-order valence-corrected chi connectivity index (χ0v) is 61.9. The molecule has 0 aromatic heterocycles. The minimum atomic E-state index is -3.55. The van der Waals surface area contributed by atoms with Gasteiger partial charge in [-0.05, 0) is 172 Å². The van der Waals surface area contributed by atoms with Crippen LogP contribution in [0.15, 0.2) is 0 Å². The fourth-order valence-corrected chi connectivity index (χ4v) is 40.6. The van der Waals surface area contributed by atoms with Crippen molar-refractivity contribution in [3.63, 3.8) is 0 Å². The zero-order chi connectivity index (χ0) is 68.4. The smallest absolute Gasteiger partial charge is 0.271 e. The van der Waals surface area contributed by atoms with E-state index in [1.54, 1.807) is 0 Å². The van der Waals surface area contributed by atoms with Crippen LogP contribution in [0.4, 0.5) is 0 Å². The summed E-state index contributed by atoms with van der Waals surface area (Å²) in [4.78, 5) is 0. The van der Waals surface area contributed by atoms with Crippen molar-refractivity contribution in [2.75, 3.05) is 13.2 Å². The number of hydrogen-bond donors (Lipinski definition) is 2. The molecule has 21 rings (SSSR count). The summed E-state index contributed by atoms with van der Waals surface area (Å²) in [6.07, 6.45) is 11.7. The maximum atomic E-state index is 11.8. The van der Waals surface area contributed by atoms with E-state index in [9.17, 15) is 69.1 Å². The number of rotatable bonds is 2. The summed E-state index contributed by atoms with van der Waals surface area (Å²) < 4.78 is 199. The number of hydrogen-bond acceptors (Lipinski definition) is 23. The molecule has 0 aromatic rings. The Kier molecular flexibility index (Phi) is 15.1. The molecule has 21 fully saturated rings. The molecule has 34 atom stereocenters. The third-order valence-corrected chi connectivity index (χ3v) is 44.4. The minimum absolute atomic E-state index is 0.00579. The Balaban J connectivity index is 0.0000000906. The second-order valence-electron chi connectivity index (χ2n) is 36.1. The fraction of sp³-hybridized carbons (Fsp3) is 1.00. The van der Waals surface area contributed by atoms with Crippen LogP contribution < -0.4 is 0 Å². The zero-order valence-electron chi connectivity index (χ0n) is 56.2. The van der Waals surface area contributed by atoms with Crippen LogP contribution in [0.3, 0.4) is 0 Å². The first kappa shape index (κ1) is 69.0. The average molecular weight is 1460 g/mol. The van der Waals surface area contributed by atoms with E-state index in [-0.39, 0.29) is 125 Å². The van der Waals surface area contributed by atoms with Gasteiger partial charge in [0.2, 0.25) is 0 Å². The van der Waals surface area contributed by atoms with Gasteiger partial charge < -0.3 is 10.2 Å². The molecule has 0 radical (unpaired) electrons. The largest absolute Gasteiger partial charge is 0.396 e. The lowest BCUT2D eigenvalue weighted by Gasteiger charge is -2.34. The lowest BCUT2D eigenvalue weighted by molar-refractivity contribution is 0.0111. The van der Waals surface area contributed by atoms with Crippen molar-refractivity contribution >= 4 is 70.8 Å². The number of aliphatic hydroxyl groups excluding tert-OH is 2. The van der Waals surface area contributed by atoms with Crippen molar-refractivity contribution in [2.45, 2.75) is 259 Å². The summed E-state index contributed by atoms with van der Waals surface area (Å²) in [5.74, 6) is 5.60. The molecule has 21 aliphatic rings. The van der Waals surface area contributed by atoms with E-state index in [1.165, 1.54) is 0 Å². The maximum absolute atomic E-state index is 11.8. The van der Waals surface area contributed by atoms with Gasteiger partial charge >= 0.3 is 0 Å². The molecule has 7 saturated heterocycles. The molecule has 14 aliphatic carbocycles. The Morgan fingerprint density at radius 3 is 1.50 bits per heavy atom. The van der Waals surface area contributed by atoms with Gasteiger partial charge in [-0.2, -0.15) is 58.9 Å². The first-order valence-corrected chi connectivity index (χ1v) is 45.1. The molecule has 23 nitrogen and oxygen atoms in total. The molecular weight excluding hydrogens is 1360 g/mol. The summed E-state index contributed by atoms with van der Waals surface area (Å²) in [5, 5.41) is 17.3. The number of fused-ring (bicyclic) bond motifs is 7. The van der Waals surface area contributed by atoms with Gasteiger partial charge in [-0.25, -0.2) is 0 Å². The Hall–Kier alpha value is -0.710. The first-order valence-electron chi connectivity index (χ1n) is 34.8. The van der Waals surface area contributed by atoms with E-state index in [1.807, 2.05) is 13.8 Å². The molecule has 0 amide bonds. The molecule has 14 bridgehead atoms. The summed E-state index contributed by atoms with van der Waals surface area (Å²) >= 11 is 0. The molecule has 0 aromatic carbocycles. The molecule has 7 heterocycles. The molecular formula is C64H100O23S7. The van der Waals surface area contributed by atoms with Gasteiger partial charge in [0.15, 0.2) is 0 Å². The van der Waals surface area contributed by atoms with Crippen LogP contribution in [-0.2, 0) is 100 Å². The standard InChI is InChI=1S/C10H16O5S.C10H16O3S.4C9H14O3S.C8H12O3S/c1-6-8-10(5-12)3-9(6,4-11)2-7(10)16(13,14)15-8;1-6-8-10(3)5-9(6,2)4-7(10)14(11,12)13-8;1-9(2)5-3-6-7(4-5)13(10,11)12-8(6)9;1-5-8-6-3-9(5,2)4-7(6)13(10,11)12-8;1-5-6-3-7-9(2,4-6)8(5)12-13(7,10)11;1-5-6-3-7-8(4-6)13(10,11)12-9(5,7)2;1-4-5-2-6-7(3-5)12(9,10)11-8(4)6/h6-8,11-12H,2-5H2,1H3;6-8H,4-5H2,1-3H3;4*5-8H,3-4H2,1-2H3;4-8H,2-3H2,1H3.